The van der Waals surface area contributed by atoms with Gasteiger partial charge >= 0.3 is 0 Å². The third-order valence-electron chi connectivity index (χ3n) is 11.1. The first-order chi connectivity index (χ1) is 27.2. The summed E-state index contributed by atoms with van der Waals surface area (Å²) in [7, 11) is 0. The normalized spacial score (nSPS) is 12.1. The maximum Gasteiger partial charge on any atom is 0.167 e. The number of hydrogen-bond donors (Lipinski definition) is 0. The van der Waals surface area contributed by atoms with E-state index in [-0.39, 0.29) is 0 Å². The Bertz CT molecular complexity index is 3350. The number of furan rings is 2. The van der Waals surface area contributed by atoms with Crippen molar-refractivity contribution in [2.24, 2.45) is 0 Å². The Morgan fingerprint density at radius 1 is 0.364 bits per heavy atom. The number of hydrogen-bond acceptors (Lipinski definition) is 5. The monoisotopic (exact) mass is 703 g/mol. The van der Waals surface area contributed by atoms with Crippen LogP contribution in [0.1, 0.15) is 5.56 Å². The number of aryl methyl sites for hydroxylation is 1. The highest BCUT2D eigenvalue weighted by Gasteiger charge is 2.24. The summed E-state index contributed by atoms with van der Waals surface area (Å²) in [5, 5.41) is 13.3. The molecule has 0 saturated carbocycles. The number of nitrogens with zero attached hydrogens (tertiary/aromatic N) is 3. The van der Waals surface area contributed by atoms with E-state index in [1.54, 1.807) is 0 Å². The van der Waals surface area contributed by atoms with Gasteiger partial charge in [0, 0.05) is 27.1 Å². The molecular weight excluding hydrogens is 675 g/mol. The molecule has 12 rings (SSSR count). The molecule has 0 amide bonds. The second-order valence-electron chi connectivity index (χ2n) is 14.4. The molecular formula is C50H29N3O2. The molecule has 5 heteroatoms. The SMILES string of the molecule is Cc1ccc(-c2nc(-c3cc4ccccc4c4c3oc3ccc5ccccc5c34)nc(-c3cc4ccccc4c4c3oc3ccc5ccccc5c34)n2)cc1. The molecule has 0 saturated heterocycles. The molecule has 0 aliphatic heterocycles. The van der Waals surface area contributed by atoms with E-state index in [2.05, 4.69) is 165 Å². The van der Waals surface area contributed by atoms with E-state index >= 15 is 0 Å². The molecule has 9 aromatic carbocycles. The molecule has 0 aliphatic rings. The first-order valence-corrected chi connectivity index (χ1v) is 18.5. The van der Waals surface area contributed by atoms with Crippen molar-refractivity contribution in [3.8, 4) is 34.2 Å². The summed E-state index contributed by atoms with van der Waals surface area (Å²) in [4.78, 5) is 15.8. The maximum absolute atomic E-state index is 6.85. The second kappa shape index (κ2) is 11.3. The Kier molecular flexibility index (Phi) is 6.20. The van der Waals surface area contributed by atoms with Crippen LogP contribution in [0.2, 0.25) is 0 Å². The third-order valence-corrected chi connectivity index (χ3v) is 11.1. The molecule has 12 aromatic rings. The van der Waals surface area contributed by atoms with Crippen LogP contribution in [0.15, 0.2) is 167 Å². The van der Waals surface area contributed by atoms with Gasteiger partial charge in [-0.15, -0.1) is 0 Å². The van der Waals surface area contributed by atoms with Crippen LogP contribution in [0.4, 0.5) is 0 Å². The lowest BCUT2D eigenvalue weighted by Crippen LogP contribution is -2.01. The van der Waals surface area contributed by atoms with Crippen molar-refractivity contribution in [1.82, 2.24) is 15.0 Å². The minimum atomic E-state index is 0.530. The van der Waals surface area contributed by atoms with Crippen LogP contribution in [0.5, 0.6) is 0 Å². The van der Waals surface area contributed by atoms with Crippen LogP contribution in [0.25, 0.3) is 121 Å². The molecule has 55 heavy (non-hydrogen) atoms. The molecule has 3 heterocycles. The molecule has 256 valence electrons. The van der Waals surface area contributed by atoms with E-state index < -0.39 is 0 Å². The van der Waals surface area contributed by atoms with Gasteiger partial charge in [0.15, 0.2) is 17.5 Å². The Hall–Kier alpha value is -7.37. The highest BCUT2D eigenvalue weighted by molar-refractivity contribution is 6.30. The average Bonchev–Trinajstić information content (AvgIpc) is 3.84. The smallest absolute Gasteiger partial charge is 0.167 e. The average molecular weight is 704 g/mol. The predicted molar refractivity (Wildman–Crippen MR) is 225 cm³/mol. The third kappa shape index (κ3) is 4.44. The Morgan fingerprint density at radius 3 is 1.24 bits per heavy atom. The van der Waals surface area contributed by atoms with Crippen molar-refractivity contribution >= 4 is 87.0 Å². The Labute approximate surface area is 314 Å². The summed E-state index contributed by atoms with van der Waals surface area (Å²) in [6.07, 6.45) is 0. The van der Waals surface area contributed by atoms with Gasteiger partial charge < -0.3 is 8.83 Å². The van der Waals surface area contributed by atoms with Crippen molar-refractivity contribution in [2.75, 3.05) is 0 Å². The van der Waals surface area contributed by atoms with Gasteiger partial charge in [0.25, 0.3) is 0 Å². The molecule has 5 nitrogen and oxygen atoms in total. The summed E-state index contributed by atoms with van der Waals surface area (Å²) in [6, 6.07) is 55.0. The first kappa shape index (κ1) is 30.1. The van der Waals surface area contributed by atoms with Crippen molar-refractivity contribution in [1.29, 1.82) is 0 Å². The van der Waals surface area contributed by atoms with E-state index in [0.29, 0.717) is 17.5 Å². The number of benzene rings is 9. The summed E-state index contributed by atoms with van der Waals surface area (Å²) in [5.41, 5.74) is 6.81. The topological polar surface area (TPSA) is 65.0 Å². The number of fused-ring (bicyclic) bond motifs is 14. The van der Waals surface area contributed by atoms with Gasteiger partial charge in [-0.3, -0.25) is 0 Å². The highest BCUT2D eigenvalue weighted by Crippen LogP contribution is 2.45. The van der Waals surface area contributed by atoms with Gasteiger partial charge in [-0.1, -0.05) is 139 Å². The van der Waals surface area contributed by atoms with E-state index in [0.717, 1.165) is 109 Å². The Balaban J connectivity index is 1.22. The fraction of sp³-hybridized carbons (Fsp3) is 0.0200. The van der Waals surface area contributed by atoms with Gasteiger partial charge in [-0.2, -0.15) is 0 Å². The zero-order valence-corrected chi connectivity index (χ0v) is 29.7. The molecule has 0 atom stereocenters. The molecule has 0 N–H and O–H groups in total. The van der Waals surface area contributed by atoms with Crippen molar-refractivity contribution in [3.63, 3.8) is 0 Å². The molecule has 0 aliphatic carbocycles. The molecule has 0 radical (unpaired) electrons. The lowest BCUT2D eigenvalue weighted by atomic mass is 9.96. The molecule has 0 bridgehead atoms. The Morgan fingerprint density at radius 2 is 0.764 bits per heavy atom. The van der Waals surface area contributed by atoms with Gasteiger partial charge in [-0.25, -0.2) is 15.0 Å². The summed E-state index contributed by atoms with van der Waals surface area (Å²) >= 11 is 0. The van der Waals surface area contributed by atoms with Crippen LogP contribution < -0.4 is 0 Å². The molecule has 0 fully saturated rings. The highest BCUT2D eigenvalue weighted by atomic mass is 16.3. The lowest BCUT2D eigenvalue weighted by Gasteiger charge is -2.11. The summed E-state index contributed by atoms with van der Waals surface area (Å²) in [6.45, 7) is 2.09. The van der Waals surface area contributed by atoms with Crippen LogP contribution in [-0.2, 0) is 0 Å². The van der Waals surface area contributed by atoms with E-state index in [9.17, 15) is 0 Å². The predicted octanol–water partition coefficient (Wildman–Crippen LogP) is 13.6. The van der Waals surface area contributed by atoms with Crippen LogP contribution >= 0.6 is 0 Å². The number of rotatable bonds is 3. The minimum Gasteiger partial charge on any atom is -0.455 e. The minimum absolute atomic E-state index is 0.530. The molecule has 0 unspecified atom stereocenters. The molecule has 0 spiro atoms. The van der Waals surface area contributed by atoms with Crippen molar-refractivity contribution in [2.45, 2.75) is 6.92 Å². The van der Waals surface area contributed by atoms with Gasteiger partial charge in [0.2, 0.25) is 0 Å². The van der Waals surface area contributed by atoms with Crippen LogP contribution in [0.3, 0.4) is 0 Å². The van der Waals surface area contributed by atoms with E-state index in [1.807, 2.05) is 0 Å². The quantitative estimate of drug-likeness (QED) is 0.183. The van der Waals surface area contributed by atoms with Gasteiger partial charge in [0.1, 0.15) is 22.3 Å². The van der Waals surface area contributed by atoms with Crippen molar-refractivity contribution in [3.05, 3.63) is 163 Å². The van der Waals surface area contributed by atoms with Gasteiger partial charge in [0.05, 0.1) is 11.1 Å². The fourth-order valence-corrected chi connectivity index (χ4v) is 8.56. The van der Waals surface area contributed by atoms with E-state index in [1.165, 1.54) is 0 Å². The summed E-state index contributed by atoms with van der Waals surface area (Å²) in [5.74, 6) is 1.64. The van der Waals surface area contributed by atoms with Gasteiger partial charge in [-0.05, 0) is 74.3 Å². The maximum atomic E-state index is 6.85. The lowest BCUT2D eigenvalue weighted by molar-refractivity contribution is 0.670. The largest absolute Gasteiger partial charge is 0.455 e. The zero-order valence-electron chi connectivity index (χ0n) is 29.7. The van der Waals surface area contributed by atoms with Crippen LogP contribution in [-0.4, -0.2) is 15.0 Å². The second-order valence-corrected chi connectivity index (χ2v) is 14.4. The number of aromatic nitrogens is 3. The first-order valence-electron chi connectivity index (χ1n) is 18.5. The van der Waals surface area contributed by atoms with E-state index in [4.69, 9.17) is 23.8 Å². The molecule has 3 aromatic heterocycles. The standard InChI is InChI=1S/C50H29N3O2/c1-28-18-20-31(21-19-28)48-51-49(38-26-32-12-4-8-16-36(32)44-42-34-14-6-2-10-29(34)22-24-40(42)54-46(38)44)53-50(52-48)39-27-33-13-5-9-17-37(33)45-43-35-15-7-3-11-30(35)23-25-41(43)55-47(39)45/h2-27H,1H3. The van der Waals surface area contributed by atoms with Crippen molar-refractivity contribution < 1.29 is 8.83 Å². The fourth-order valence-electron chi connectivity index (χ4n) is 8.56. The zero-order chi connectivity index (χ0) is 36.2. The van der Waals surface area contributed by atoms with Crippen LogP contribution in [0, 0.1) is 6.92 Å². The summed E-state index contributed by atoms with van der Waals surface area (Å²) < 4.78 is 13.7.